The molecule has 4 nitrogen and oxygen atoms in total. The fourth-order valence-corrected chi connectivity index (χ4v) is 1.51. The molecule has 4 heteroatoms. The molecule has 0 bridgehead atoms. The van der Waals surface area contributed by atoms with Gasteiger partial charge in [0.15, 0.2) is 0 Å². The molecule has 1 rings (SSSR count). The molecule has 0 aliphatic carbocycles. The Balaban J connectivity index is 2.47. The van der Waals surface area contributed by atoms with Crippen LogP contribution in [-0.4, -0.2) is 23.1 Å². The van der Waals surface area contributed by atoms with E-state index in [1.54, 1.807) is 18.2 Å². The number of hydrogen-bond donors (Lipinski definition) is 3. The number of aryl methyl sites for hydroxylation is 1. The van der Waals surface area contributed by atoms with E-state index in [1.807, 2.05) is 6.92 Å². The predicted molar refractivity (Wildman–Crippen MR) is 73.8 cm³/mol. The zero-order chi connectivity index (χ0) is 13.8. The minimum atomic E-state index is -0.104. The lowest BCUT2D eigenvalue weighted by molar-refractivity contribution is -0.116. The summed E-state index contributed by atoms with van der Waals surface area (Å²) in [5.41, 5.74) is 1.47. The van der Waals surface area contributed by atoms with Crippen LogP contribution in [0, 0.1) is 6.92 Å². The molecule has 0 spiro atoms. The first-order valence-corrected chi connectivity index (χ1v) is 6.12. The Morgan fingerprint density at radius 1 is 1.33 bits per heavy atom. The van der Waals surface area contributed by atoms with Gasteiger partial charge in [-0.25, -0.2) is 0 Å². The van der Waals surface area contributed by atoms with Gasteiger partial charge in [-0.15, -0.1) is 0 Å². The number of phenols is 1. The Morgan fingerprint density at radius 3 is 2.61 bits per heavy atom. The number of benzene rings is 1. The van der Waals surface area contributed by atoms with Gasteiger partial charge < -0.3 is 15.7 Å². The lowest BCUT2D eigenvalue weighted by Gasteiger charge is -2.20. The van der Waals surface area contributed by atoms with Crippen molar-refractivity contribution < 1.29 is 9.90 Å². The van der Waals surface area contributed by atoms with Crippen molar-refractivity contribution in [3.8, 4) is 5.75 Å². The lowest BCUT2D eigenvalue weighted by atomic mass is 10.1. The number of aromatic hydroxyl groups is 1. The Hall–Kier alpha value is -1.55. The van der Waals surface area contributed by atoms with Crippen molar-refractivity contribution in [1.29, 1.82) is 0 Å². The normalized spacial score (nSPS) is 11.3. The van der Waals surface area contributed by atoms with E-state index in [1.165, 1.54) is 0 Å². The van der Waals surface area contributed by atoms with E-state index in [-0.39, 0.29) is 17.2 Å². The van der Waals surface area contributed by atoms with Crippen LogP contribution in [0.25, 0.3) is 0 Å². The Morgan fingerprint density at radius 2 is 2.00 bits per heavy atom. The molecule has 3 N–H and O–H groups in total. The van der Waals surface area contributed by atoms with Crippen LogP contribution in [0.5, 0.6) is 5.75 Å². The fourth-order valence-electron chi connectivity index (χ4n) is 1.51. The van der Waals surface area contributed by atoms with E-state index in [4.69, 9.17) is 0 Å². The summed E-state index contributed by atoms with van der Waals surface area (Å²) in [5.74, 6) is -0.00891. The molecule has 1 aromatic rings. The third-order valence-corrected chi connectivity index (χ3v) is 2.43. The molecule has 0 aliphatic heterocycles. The monoisotopic (exact) mass is 250 g/mol. The molecule has 0 radical (unpaired) electrons. The third-order valence-electron chi connectivity index (χ3n) is 2.43. The predicted octanol–water partition coefficient (Wildman–Crippen LogP) is 2.42. The highest BCUT2D eigenvalue weighted by Gasteiger charge is 2.10. The molecule has 1 amide bonds. The summed E-state index contributed by atoms with van der Waals surface area (Å²) < 4.78 is 0. The summed E-state index contributed by atoms with van der Waals surface area (Å²) in [4.78, 5) is 11.7. The first-order valence-electron chi connectivity index (χ1n) is 6.12. The van der Waals surface area contributed by atoms with Crippen molar-refractivity contribution in [2.45, 2.75) is 39.7 Å². The molecule has 1 aromatic carbocycles. The first-order chi connectivity index (χ1) is 8.28. The van der Waals surface area contributed by atoms with E-state index in [0.29, 0.717) is 18.7 Å². The molecule has 0 aliphatic rings. The quantitative estimate of drug-likeness (QED) is 0.719. The van der Waals surface area contributed by atoms with Crippen LogP contribution in [0.1, 0.15) is 32.8 Å². The first kappa shape index (κ1) is 14.5. The Kier molecular flexibility index (Phi) is 4.73. The van der Waals surface area contributed by atoms with Crippen molar-refractivity contribution >= 4 is 11.6 Å². The molecular weight excluding hydrogens is 228 g/mol. The van der Waals surface area contributed by atoms with E-state index in [9.17, 15) is 9.90 Å². The minimum Gasteiger partial charge on any atom is -0.506 e. The summed E-state index contributed by atoms with van der Waals surface area (Å²) in [5, 5.41) is 15.6. The van der Waals surface area contributed by atoms with Gasteiger partial charge >= 0.3 is 0 Å². The number of anilines is 1. The maximum absolute atomic E-state index is 11.7. The van der Waals surface area contributed by atoms with Crippen LogP contribution < -0.4 is 10.6 Å². The van der Waals surface area contributed by atoms with Gasteiger partial charge in [-0.2, -0.15) is 0 Å². The van der Waals surface area contributed by atoms with Gasteiger partial charge in [0.1, 0.15) is 5.75 Å². The average Bonchev–Trinajstić information content (AvgIpc) is 2.21. The second kappa shape index (κ2) is 5.87. The molecule has 0 fully saturated rings. The minimum absolute atomic E-state index is 0.00571. The highest BCUT2D eigenvalue weighted by molar-refractivity contribution is 5.92. The molecule has 0 heterocycles. The maximum atomic E-state index is 11.7. The standard InChI is InChI=1S/C14H22N2O2/c1-10-5-6-12(17)11(9-10)16-13(18)7-8-15-14(2,3)4/h5-6,9,15,17H,7-8H2,1-4H3,(H,16,18). The van der Waals surface area contributed by atoms with E-state index in [2.05, 4.69) is 31.4 Å². The summed E-state index contributed by atoms with van der Waals surface area (Å²) in [6.45, 7) is 8.68. The van der Waals surface area contributed by atoms with Crippen molar-refractivity contribution in [3.63, 3.8) is 0 Å². The van der Waals surface area contributed by atoms with Crippen LogP contribution in [-0.2, 0) is 4.79 Å². The van der Waals surface area contributed by atoms with Crippen molar-refractivity contribution in [2.24, 2.45) is 0 Å². The molecular formula is C14H22N2O2. The Bertz CT molecular complexity index is 422. The summed E-state index contributed by atoms with van der Waals surface area (Å²) in [6.07, 6.45) is 0.380. The second-order valence-electron chi connectivity index (χ2n) is 5.50. The largest absolute Gasteiger partial charge is 0.506 e. The van der Waals surface area contributed by atoms with Gasteiger partial charge in [0.25, 0.3) is 0 Å². The van der Waals surface area contributed by atoms with Gasteiger partial charge in [-0.3, -0.25) is 4.79 Å². The summed E-state index contributed by atoms with van der Waals surface area (Å²) in [7, 11) is 0. The van der Waals surface area contributed by atoms with E-state index in [0.717, 1.165) is 5.56 Å². The molecule has 18 heavy (non-hydrogen) atoms. The third kappa shape index (κ3) is 5.19. The zero-order valence-corrected chi connectivity index (χ0v) is 11.5. The average molecular weight is 250 g/mol. The molecule has 0 aromatic heterocycles. The topological polar surface area (TPSA) is 61.4 Å². The number of phenolic OH excluding ortho intramolecular Hbond substituents is 1. The van der Waals surface area contributed by atoms with Crippen LogP contribution >= 0.6 is 0 Å². The van der Waals surface area contributed by atoms with Gasteiger partial charge in [-0.05, 0) is 45.4 Å². The number of rotatable bonds is 4. The maximum Gasteiger partial charge on any atom is 0.225 e. The lowest BCUT2D eigenvalue weighted by Crippen LogP contribution is -2.37. The molecule has 0 unspecified atom stereocenters. The summed E-state index contributed by atoms with van der Waals surface area (Å²) in [6, 6.07) is 5.13. The van der Waals surface area contributed by atoms with Crippen LogP contribution in [0.15, 0.2) is 18.2 Å². The van der Waals surface area contributed by atoms with E-state index < -0.39 is 0 Å². The van der Waals surface area contributed by atoms with Gasteiger partial charge in [0.05, 0.1) is 5.69 Å². The smallest absolute Gasteiger partial charge is 0.225 e. The molecule has 0 saturated heterocycles. The summed E-state index contributed by atoms with van der Waals surface area (Å²) >= 11 is 0. The van der Waals surface area contributed by atoms with Crippen molar-refractivity contribution in [3.05, 3.63) is 23.8 Å². The van der Waals surface area contributed by atoms with Gasteiger partial charge in [0.2, 0.25) is 5.91 Å². The number of amides is 1. The Labute approximate surface area is 108 Å². The molecule has 100 valence electrons. The van der Waals surface area contributed by atoms with Gasteiger partial charge in [0, 0.05) is 18.5 Å². The second-order valence-corrected chi connectivity index (χ2v) is 5.50. The number of hydrogen-bond acceptors (Lipinski definition) is 3. The van der Waals surface area contributed by atoms with Crippen LogP contribution in [0.3, 0.4) is 0 Å². The fraction of sp³-hybridized carbons (Fsp3) is 0.500. The van der Waals surface area contributed by atoms with Crippen molar-refractivity contribution in [1.82, 2.24) is 5.32 Å². The van der Waals surface area contributed by atoms with Gasteiger partial charge in [-0.1, -0.05) is 6.07 Å². The number of carbonyl (C=O) groups is 1. The van der Waals surface area contributed by atoms with Crippen molar-refractivity contribution in [2.75, 3.05) is 11.9 Å². The van der Waals surface area contributed by atoms with Crippen LogP contribution in [0.4, 0.5) is 5.69 Å². The molecule has 0 atom stereocenters. The number of nitrogens with one attached hydrogen (secondary N) is 2. The zero-order valence-electron chi connectivity index (χ0n) is 11.5. The SMILES string of the molecule is Cc1ccc(O)c(NC(=O)CCNC(C)(C)C)c1. The highest BCUT2D eigenvalue weighted by atomic mass is 16.3. The number of carbonyl (C=O) groups excluding carboxylic acids is 1. The van der Waals surface area contributed by atoms with E-state index >= 15 is 0 Å². The van der Waals surface area contributed by atoms with Crippen LogP contribution in [0.2, 0.25) is 0 Å². The molecule has 0 saturated carbocycles. The highest BCUT2D eigenvalue weighted by Crippen LogP contribution is 2.23.